The summed E-state index contributed by atoms with van der Waals surface area (Å²) in [5.74, 6) is 2.84. The van der Waals surface area contributed by atoms with Crippen LogP contribution in [-0.2, 0) is 5.41 Å². The molecule has 25 heavy (non-hydrogen) atoms. The fourth-order valence-corrected chi connectivity index (χ4v) is 3.65. The Labute approximate surface area is 154 Å². The molecule has 3 rings (SSSR count). The molecule has 0 amide bonds. The molecule has 1 saturated heterocycles. The number of aromatic nitrogens is 2. The number of piperazine rings is 1. The smallest absolute Gasteiger partial charge is 0.136 e. The topological polar surface area (TPSA) is 32.3 Å². The standard InChI is InChI=1S/C21H36N4/c1-5-6-7-11-24-12-14-25(15-13-24)19-16-18(17-9-8-10-17)22-20(23-19)21(2,3)4/h16-17H,5-15H2,1-4H3. The lowest BCUT2D eigenvalue weighted by molar-refractivity contribution is 0.252. The third-order valence-electron chi connectivity index (χ3n) is 5.70. The van der Waals surface area contributed by atoms with Crippen molar-refractivity contribution < 1.29 is 0 Å². The van der Waals surface area contributed by atoms with Gasteiger partial charge in [0, 0.05) is 49.3 Å². The summed E-state index contributed by atoms with van der Waals surface area (Å²) in [6.45, 7) is 14.7. The van der Waals surface area contributed by atoms with Crippen LogP contribution >= 0.6 is 0 Å². The Morgan fingerprint density at radius 1 is 1.04 bits per heavy atom. The molecule has 2 fully saturated rings. The van der Waals surface area contributed by atoms with Crippen LogP contribution in [0.4, 0.5) is 5.82 Å². The summed E-state index contributed by atoms with van der Waals surface area (Å²) in [6, 6.07) is 2.28. The van der Waals surface area contributed by atoms with Crippen LogP contribution in [0.2, 0.25) is 0 Å². The first-order valence-electron chi connectivity index (χ1n) is 10.3. The number of anilines is 1. The Morgan fingerprint density at radius 3 is 2.32 bits per heavy atom. The molecule has 0 N–H and O–H groups in total. The van der Waals surface area contributed by atoms with Gasteiger partial charge in [0.1, 0.15) is 11.6 Å². The summed E-state index contributed by atoms with van der Waals surface area (Å²) >= 11 is 0. The Morgan fingerprint density at radius 2 is 1.76 bits per heavy atom. The van der Waals surface area contributed by atoms with Gasteiger partial charge in [-0.2, -0.15) is 0 Å². The summed E-state index contributed by atoms with van der Waals surface area (Å²) in [7, 11) is 0. The number of rotatable bonds is 6. The molecule has 2 heterocycles. The molecule has 0 aromatic carbocycles. The van der Waals surface area contributed by atoms with Crippen molar-refractivity contribution in [3.8, 4) is 0 Å². The third kappa shape index (κ3) is 4.72. The van der Waals surface area contributed by atoms with Gasteiger partial charge >= 0.3 is 0 Å². The molecule has 1 aliphatic carbocycles. The van der Waals surface area contributed by atoms with Gasteiger partial charge in [-0.05, 0) is 25.8 Å². The minimum atomic E-state index is 0.0104. The van der Waals surface area contributed by atoms with Crippen LogP contribution in [-0.4, -0.2) is 47.6 Å². The van der Waals surface area contributed by atoms with Gasteiger partial charge in [-0.1, -0.05) is 47.0 Å². The van der Waals surface area contributed by atoms with Gasteiger partial charge in [0.25, 0.3) is 0 Å². The predicted molar refractivity (Wildman–Crippen MR) is 106 cm³/mol. The van der Waals surface area contributed by atoms with Crippen LogP contribution in [0, 0.1) is 0 Å². The quantitative estimate of drug-likeness (QED) is 0.718. The van der Waals surface area contributed by atoms with E-state index in [2.05, 4.69) is 43.6 Å². The van der Waals surface area contributed by atoms with E-state index in [1.165, 1.54) is 50.8 Å². The largest absolute Gasteiger partial charge is 0.354 e. The minimum Gasteiger partial charge on any atom is -0.354 e. The fourth-order valence-electron chi connectivity index (χ4n) is 3.65. The molecule has 0 bridgehead atoms. The van der Waals surface area contributed by atoms with Crippen molar-refractivity contribution in [1.82, 2.24) is 14.9 Å². The normalized spacial score (nSPS) is 19.9. The zero-order chi connectivity index (χ0) is 17.9. The fraction of sp³-hybridized carbons (Fsp3) is 0.810. The van der Waals surface area contributed by atoms with Gasteiger partial charge in [0.15, 0.2) is 0 Å². The molecule has 1 aliphatic heterocycles. The van der Waals surface area contributed by atoms with E-state index in [-0.39, 0.29) is 5.41 Å². The van der Waals surface area contributed by atoms with E-state index in [0.717, 1.165) is 37.8 Å². The number of nitrogens with zero attached hydrogens (tertiary/aromatic N) is 4. The van der Waals surface area contributed by atoms with E-state index in [0.29, 0.717) is 5.92 Å². The Hall–Kier alpha value is -1.16. The first-order valence-corrected chi connectivity index (χ1v) is 10.3. The Balaban J connectivity index is 1.69. The van der Waals surface area contributed by atoms with Crippen LogP contribution in [0.3, 0.4) is 0 Å². The lowest BCUT2D eigenvalue weighted by atomic mass is 9.82. The van der Waals surface area contributed by atoms with E-state index in [1.807, 2.05) is 0 Å². The highest BCUT2D eigenvalue weighted by Gasteiger charge is 2.27. The molecular formula is C21H36N4. The van der Waals surface area contributed by atoms with Gasteiger partial charge in [-0.25, -0.2) is 9.97 Å². The molecule has 0 radical (unpaired) electrons. The van der Waals surface area contributed by atoms with Crippen molar-refractivity contribution in [1.29, 1.82) is 0 Å². The summed E-state index contributed by atoms with van der Waals surface area (Å²) in [5.41, 5.74) is 1.29. The summed E-state index contributed by atoms with van der Waals surface area (Å²) in [4.78, 5) is 15.0. The molecule has 1 aromatic rings. The molecule has 1 saturated carbocycles. The van der Waals surface area contributed by atoms with Crippen molar-refractivity contribution in [2.75, 3.05) is 37.6 Å². The maximum Gasteiger partial charge on any atom is 0.136 e. The van der Waals surface area contributed by atoms with Crippen molar-refractivity contribution in [2.45, 2.75) is 77.6 Å². The van der Waals surface area contributed by atoms with Gasteiger partial charge < -0.3 is 4.90 Å². The van der Waals surface area contributed by atoms with E-state index in [9.17, 15) is 0 Å². The highest BCUT2D eigenvalue weighted by molar-refractivity contribution is 5.42. The van der Waals surface area contributed by atoms with Gasteiger partial charge in [0.05, 0.1) is 0 Å². The van der Waals surface area contributed by atoms with Crippen molar-refractivity contribution >= 4 is 5.82 Å². The Bertz CT molecular complexity index is 552. The molecule has 0 spiro atoms. The first-order chi connectivity index (χ1) is 12.0. The maximum atomic E-state index is 4.97. The number of unbranched alkanes of at least 4 members (excludes halogenated alkanes) is 2. The van der Waals surface area contributed by atoms with Crippen LogP contribution in [0.25, 0.3) is 0 Å². The first kappa shape index (κ1) is 18.6. The van der Waals surface area contributed by atoms with Gasteiger partial charge in [-0.3, -0.25) is 4.90 Å². The summed E-state index contributed by atoms with van der Waals surface area (Å²) in [5, 5.41) is 0. The second-order valence-corrected chi connectivity index (χ2v) is 8.89. The zero-order valence-corrected chi connectivity index (χ0v) is 16.7. The van der Waals surface area contributed by atoms with Gasteiger partial charge in [0.2, 0.25) is 0 Å². The molecule has 0 unspecified atom stereocenters. The summed E-state index contributed by atoms with van der Waals surface area (Å²) < 4.78 is 0. The highest BCUT2D eigenvalue weighted by atomic mass is 15.3. The molecule has 4 nitrogen and oxygen atoms in total. The SMILES string of the molecule is CCCCCN1CCN(c2cc(C3CCC3)nc(C(C)(C)C)n2)CC1. The van der Waals surface area contributed by atoms with Crippen LogP contribution in [0.5, 0.6) is 0 Å². The van der Waals surface area contributed by atoms with Crippen LogP contribution in [0.15, 0.2) is 6.07 Å². The number of hydrogen-bond donors (Lipinski definition) is 0. The van der Waals surface area contributed by atoms with Crippen molar-refractivity contribution in [3.63, 3.8) is 0 Å². The predicted octanol–water partition coefficient (Wildman–Crippen LogP) is 4.35. The van der Waals surface area contributed by atoms with E-state index < -0.39 is 0 Å². The van der Waals surface area contributed by atoms with Gasteiger partial charge in [-0.15, -0.1) is 0 Å². The average Bonchev–Trinajstić information content (AvgIpc) is 2.53. The average molecular weight is 345 g/mol. The molecule has 4 heteroatoms. The maximum absolute atomic E-state index is 4.97. The second-order valence-electron chi connectivity index (χ2n) is 8.89. The van der Waals surface area contributed by atoms with E-state index in [4.69, 9.17) is 9.97 Å². The molecular weight excluding hydrogens is 308 g/mol. The van der Waals surface area contributed by atoms with Crippen LogP contribution in [0.1, 0.15) is 83.7 Å². The Kier molecular flexibility index (Phi) is 5.98. The minimum absolute atomic E-state index is 0.0104. The highest BCUT2D eigenvalue weighted by Crippen LogP contribution is 2.37. The monoisotopic (exact) mass is 344 g/mol. The lowest BCUT2D eigenvalue weighted by Crippen LogP contribution is -2.47. The molecule has 0 atom stereocenters. The van der Waals surface area contributed by atoms with E-state index >= 15 is 0 Å². The number of hydrogen-bond acceptors (Lipinski definition) is 4. The van der Waals surface area contributed by atoms with Crippen LogP contribution < -0.4 is 4.90 Å². The molecule has 2 aliphatic rings. The zero-order valence-electron chi connectivity index (χ0n) is 16.7. The van der Waals surface area contributed by atoms with Crippen molar-refractivity contribution in [2.24, 2.45) is 0 Å². The van der Waals surface area contributed by atoms with Crippen molar-refractivity contribution in [3.05, 3.63) is 17.6 Å². The third-order valence-corrected chi connectivity index (χ3v) is 5.70. The molecule has 1 aromatic heterocycles. The summed E-state index contributed by atoms with van der Waals surface area (Å²) in [6.07, 6.45) is 7.94. The lowest BCUT2D eigenvalue weighted by Gasteiger charge is -2.36. The molecule has 140 valence electrons. The second kappa shape index (κ2) is 8.03. The van der Waals surface area contributed by atoms with E-state index in [1.54, 1.807) is 0 Å².